The number of ether oxygens (including phenoxy) is 2. The van der Waals surface area contributed by atoms with E-state index in [2.05, 4.69) is 0 Å². The van der Waals surface area contributed by atoms with Crippen LogP contribution < -0.4 is 14.4 Å². The number of halogens is 1. The van der Waals surface area contributed by atoms with Crippen molar-refractivity contribution in [3.63, 3.8) is 0 Å². The van der Waals surface area contributed by atoms with Crippen molar-refractivity contribution in [1.29, 1.82) is 0 Å². The zero-order chi connectivity index (χ0) is 18.5. The van der Waals surface area contributed by atoms with Crippen LogP contribution in [0, 0.1) is 5.82 Å². The van der Waals surface area contributed by atoms with E-state index >= 15 is 0 Å². The number of quaternary nitrogens is 1. The van der Waals surface area contributed by atoms with Crippen molar-refractivity contribution in [3.05, 3.63) is 59.4 Å². The second kappa shape index (κ2) is 8.19. The van der Waals surface area contributed by atoms with Crippen LogP contribution in [0.25, 0.3) is 0 Å². The molecule has 3 rings (SSSR count). The zero-order valence-corrected chi connectivity index (χ0v) is 15.1. The smallest absolute Gasteiger partial charge is 0.257 e. The lowest BCUT2D eigenvalue weighted by Gasteiger charge is -2.32. The SMILES string of the molecule is COc1ccc(C[NH+]2CCN(C(=O)c3ccccc3F)CC2)c(OC)c1. The molecule has 0 atom stereocenters. The Kier molecular flexibility index (Phi) is 5.73. The van der Waals surface area contributed by atoms with Crippen LogP contribution in [0.4, 0.5) is 4.39 Å². The molecule has 0 saturated carbocycles. The molecule has 0 bridgehead atoms. The Morgan fingerprint density at radius 1 is 1.12 bits per heavy atom. The lowest BCUT2D eigenvalue weighted by molar-refractivity contribution is -0.917. The minimum Gasteiger partial charge on any atom is -0.497 e. The molecule has 5 nitrogen and oxygen atoms in total. The third-order valence-corrected chi connectivity index (χ3v) is 4.80. The maximum atomic E-state index is 13.8. The standard InChI is InChI=1S/C20H23FN2O3/c1-25-16-8-7-15(19(13-16)26-2)14-22-9-11-23(12-10-22)20(24)17-5-3-4-6-18(17)21/h3-8,13H,9-12,14H2,1-2H3/p+1. The number of hydrogen-bond acceptors (Lipinski definition) is 3. The molecule has 2 aromatic rings. The summed E-state index contributed by atoms with van der Waals surface area (Å²) < 4.78 is 24.5. The predicted octanol–water partition coefficient (Wildman–Crippen LogP) is 1.38. The van der Waals surface area contributed by atoms with E-state index in [0.717, 1.165) is 36.7 Å². The van der Waals surface area contributed by atoms with Gasteiger partial charge in [0.2, 0.25) is 0 Å². The van der Waals surface area contributed by atoms with Gasteiger partial charge in [-0.1, -0.05) is 12.1 Å². The van der Waals surface area contributed by atoms with Gasteiger partial charge in [-0.3, -0.25) is 4.79 Å². The van der Waals surface area contributed by atoms with E-state index < -0.39 is 5.82 Å². The van der Waals surface area contributed by atoms with Crippen molar-refractivity contribution in [2.45, 2.75) is 6.54 Å². The molecule has 0 aliphatic carbocycles. The summed E-state index contributed by atoms with van der Waals surface area (Å²) in [6.45, 7) is 3.67. The molecule has 1 aliphatic rings. The Hall–Kier alpha value is -2.60. The number of amides is 1. The monoisotopic (exact) mass is 359 g/mol. The van der Waals surface area contributed by atoms with E-state index in [0.29, 0.717) is 13.1 Å². The average Bonchev–Trinajstić information content (AvgIpc) is 2.68. The maximum absolute atomic E-state index is 13.8. The van der Waals surface area contributed by atoms with E-state index in [4.69, 9.17) is 9.47 Å². The summed E-state index contributed by atoms with van der Waals surface area (Å²) in [7, 11) is 3.28. The number of piperazine rings is 1. The largest absolute Gasteiger partial charge is 0.497 e. The second-order valence-corrected chi connectivity index (χ2v) is 6.38. The van der Waals surface area contributed by atoms with Gasteiger partial charge in [-0.2, -0.15) is 0 Å². The van der Waals surface area contributed by atoms with Crippen LogP contribution in [-0.4, -0.2) is 51.2 Å². The molecule has 1 fully saturated rings. The van der Waals surface area contributed by atoms with Crippen LogP contribution in [-0.2, 0) is 6.54 Å². The van der Waals surface area contributed by atoms with Gasteiger partial charge in [0.05, 0.1) is 46.0 Å². The zero-order valence-electron chi connectivity index (χ0n) is 15.1. The fourth-order valence-electron chi connectivity index (χ4n) is 3.28. The molecule has 1 saturated heterocycles. The summed E-state index contributed by atoms with van der Waals surface area (Å²) in [5.74, 6) is 0.877. The molecule has 1 N–H and O–H groups in total. The fraction of sp³-hybridized carbons (Fsp3) is 0.350. The van der Waals surface area contributed by atoms with Crippen molar-refractivity contribution >= 4 is 5.91 Å². The Labute approximate surface area is 152 Å². The van der Waals surface area contributed by atoms with Gasteiger partial charge >= 0.3 is 0 Å². The molecular formula is C20H24FN2O3+. The van der Waals surface area contributed by atoms with Crippen molar-refractivity contribution in [1.82, 2.24) is 4.90 Å². The summed E-state index contributed by atoms with van der Waals surface area (Å²) >= 11 is 0. The highest BCUT2D eigenvalue weighted by molar-refractivity contribution is 5.94. The van der Waals surface area contributed by atoms with Gasteiger partial charge in [-0.05, 0) is 24.3 Å². The Morgan fingerprint density at radius 2 is 1.85 bits per heavy atom. The second-order valence-electron chi connectivity index (χ2n) is 6.38. The van der Waals surface area contributed by atoms with Crippen LogP contribution in [0.5, 0.6) is 11.5 Å². The molecule has 1 heterocycles. The van der Waals surface area contributed by atoms with Gasteiger partial charge < -0.3 is 19.3 Å². The van der Waals surface area contributed by atoms with Gasteiger partial charge in [-0.15, -0.1) is 0 Å². The van der Waals surface area contributed by atoms with E-state index in [1.807, 2.05) is 18.2 Å². The number of carbonyl (C=O) groups excluding carboxylic acids is 1. The molecule has 6 heteroatoms. The lowest BCUT2D eigenvalue weighted by Crippen LogP contribution is -3.13. The normalized spacial score (nSPS) is 15.0. The quantitative estimate of drug-likeness (QED) is 0.877. The van der Waals surface area contributed by atoms with Crippen LogP contribution in [0.15, 0.2) is 42.5 Å². The fourth-order valence-corrected chi connectivity index (χ4v) is 3.28. The molecule has 2 aromatic carbocycles. The number of rotatable bonds is 5. The van der Waals surface area contributed by atoms with Crippen LogP contribution in [0.2, 0.25) is 0 Å². The third-order valence-electron chi connectivity index (χ3n) is 4.80. The first kappa shape index (κ1) is 18.2. The third kappa shape index (κ3) is 3.96. The van der Waals surface area contributed by atoms with Crippen LogP contribution >= 0.6 is 0 Å². The Bertz CT molecular complexity index is 773. The molecule has 26 heavy (non-hydrogen) atoms. The lowest BCUT2D eigenvalue weighted by atomic mass is 10.1. The van der Waals surface area contributed by atoms with E-state index in [9.17, 15) is 9.18 Å². The van der Waals surface area contributed by atoms with Crippen molar-refractivity contribution in [2.24, 2.45) is 0 Å². The minimum atomic E-state index is -0.463. The minimum absolute atomic E-state index is 0.146. The molecule has 1 amide bonds. The number of hydrogen-bond donors (Lipinski definition) is 1. The Morgan fingerprint density at radius 3 is 2.50 bits per heavy atom. The number of nitrogens with one attached hydrogen (secondary N) is 1. The number of nitrogens with zero attached hydrogens (tertiary/aromatic N) is 1. The summed E-state index contributed by atoms with van der Waals surface area (Å²) in [5, 5.41) is 0. The predicted molar refractivity (Wildman–Crippen MR) is 96.3 cm³/mol. The van der Waals surface area contributed by atoms with E-state index in [1.165, 1.54) is 11.0 Å². The maximum Gasteiger partial charge on any atom is 0.257 e. The summed E-state index contributed by atoms with van der Waals surface area (Å²) in [6, 6.07) is 12.0. The first-order valence-electron chi connectivity index (χ1n) is 8.70. The van der Waals surface area contributed by atoms with E-state index in [1.54, 1.807) is 37.3 Å². The summed E-state index contributed by atoms with van der Waals surface area (Å²) in [4.78, 5) is 15.6. The topological polar surface area (TPSA) is 43.2 Å². The van der Waals surface area contributed by atoms with Crippen molar-refractivity contribution in [2.75, 3.05) is 40.4 Å². The molecule has 0 unspecified atom stereocenters. The molecule has 0 aromatic heterocycles. The van der Waals surface area contributed by atoms with Gasteiger partial charge in [0.15, 0.2) is 0 Å². The highest BCUT2D eigenvalue weighted by Crippen LogP contribution is 2.23. The van der Waals surface area contributed by atoms with Crippen molar-refractivity contribution < 1.29 is 23.6 Å². The van der Waals surface area contributed by atoms with Gasteiger partial charge in [0.1, 0.15) is 23.9 Å². The van der Waals surface area contributed by atoms with Gasteiger partial charge in [0.25, 0.3) is 5.91 Å². The van der Waals surface area contributed by atoms with E-state index in [-0.39, 0.29) is 11.5 Å². The number of carbonyl (C=O) groups is 1. The van der Waals surface area contributed by atoms with Crippen molar-refractivity contribution in [3.8, 4) is 11.5 Å². The molecule has 0 radical (unpaired) electrons. The molecule has 1 aliphatic heterocycles. The average molecular weight is 359 g/mol. The first-order chi connectivity index (χ1) is 12.6. The number of benzene rings is 2. The molecular weight excluding hydrogens is 335 g/mol. The van der Waals surface area contributed by atoms with Crippen LogP contribution in [0.3, 0.4) is 0 Å². The highest BCUT2D eigenvalue weighted by atomic mass is 19.1. The number of methoxy groups -OCH3 is 2. The van der Waals surface area contributed by atoms with Crippen LogP contribution in [0.1, 0.15) is 15.9 Å². The summed E-state index contributed by atoms with van der Waals surface area (Å²) in [6.07, 6.45) is 0. The van der Waals surface area contributed by atoms with Gasteiger partial charge in [0, 0.05) is 11.6 Å². The Balaban J connectivity index is 1.61. The molecule has 138 valence electrons. The highest BCUT2D eigenvalue weighted by Gasteiger charge is 2.26. The van der Waals surface area contributed by atoms with Gasteiger partial charge in [-0.25, -0.2) is 4.39 Å². The first-order valence-corrected chi connectivity index (χ1v) is 8.70. The summed E-state index contributed by atoms with van der Waals surface area (Å²) in [5.41, 5.74) is 1.25. The molecule has 0 spiro atoms.